The summed E-state index contributed by atoms with van der Waals surface area (Å²) < 4.78 is 46.7. The maximum Gasteiger partial charge on any atom is 0.247 e. The fraction of sp³-hybridized carbons (Fsp3) is 0.298. The first-order valence-corrected chi connectivity index (χ1v) is 51.2. The van der Waals surface area contributed by atoms with E-state index in [2.05, 4.69) is 319 Å². The number of thiazole rings is 1. The van der Waals surface area contributed by atoms with E-state index in [9.17, 15) is 8.78 Å². The van der Waals surface area contributed by atoms with E-state index in [1.807, 2.05) is 106 Å². The van der Waals surface area contributed by atoms with Gasteiger partial charge in [-0.3, -0.25) is 19.5 Å². The molecule has 20 aromatic rings. The predicted molar refractivity (Wildman–Crippen MR) is 606 cm³/mol. The summed E-state index contributed by atoms with van der Waals surface area (Å²) in [6.45, 7) is 48.0. The van der Waals surface area contributed by atoms with Crippen LogP contribution in [0.1, 0.15) is 285 Å². The van der Waals surface area contributed by atoms with Crippen LogP contribution in [-0.4, -0.2) is 117 Å². The molecule has 0 spiro atoms. The van der Waals surface area contributed by atoms with E-state index in [1.54, 1.807) is 167 Å². The second-order valence-corrected chi connectivity index (χ2v) is 39.8. The van der Waals surface area contributed by atoms with Crippen molar-refractivity contribution in [3.05, 3.63) is 389 Å². The first kappa shape index (κ1) is 118. The lowest BCUT2D eigenvalue weighted by Crippen LogP contribution is -1.96. The Hall–Kier alpha value is -15.8. The first-order valence-electron chi connectivity index (χ1n) is 49.6. The van der Waals surface area contributed by atoms with E-state index in [1.165, 1.54) is 54.5 Å². The number of aromatic nitrogens is 22. The minimum Gasteiger partial charge on any atom is -0.496 e. The van der Waals surface area contributed by atoms with Gasteiger partial charge in [0, 0.05) is 140 Å². The molecule has 25 nitrogen and oxygen atoms in total. The van der Waals surface area contributed by atoms with Gasteiger partial charge in [-0.05, 0) is 227 Å². The molecule has 29 heteroatoms. The number of halogens is 2. The van der Waals surface area contributed by atoms with Crippen molar-refractivity contribution in [2.24, 2.45) is 0 Å². The molecule has 150 heavy (non-hydrogen) atoms. The quantitative estimate of drug-likeness (QED) is 0.0726. The summed E-state index contributed by atoms with van der Waals surface area (Å²) in [5, 5.41) is 24.8. The third-order valence-corrected chi connectivity index (χ3v) is 25.5. The molecule has 0 atom stereocenters. The van der Waals surface area contributed by atoms with Gasteiger partial charge in [0.2, 0.25) is 29.5 Å². The highest BCUT2D eigenvalue weighted by atomic mass is 32.1. The lowest BCUT2D eigenvalue weighted by molar-refractivity contribution is 0.415. The van der Waals surface area contributed by atoms with Crippen LogP contribution in [0.4, 0.5) is 8.78 Å². The van der Waals surface area contributed by atoms with Crippen LogP contribution in [0.2, 0.25) is 0 Å². The van der Waals surface area contributed by atoms with Crippen LogP contribution in [-0.2, 0) is 0 Å². The van der Waals surface area contributed by atoms with Gasteiger partial charge >= 0.3 is 0 Å². The van der Waals surface area contributed by atoms with E-state index in [0.717, 1.165) is 78.3 Å². The van der Waals surface area contributed by atoms with Gasteiger partial charge in [0.15, 0.2) is 23.3 Å². The molecular formula is C121H140F2N22O3S2. The summed E-state index contributed by atoms with van der Waals surface area (Å²) in [5.41, 5.74) is 18.9. The molecular weight excluding hydrogens is 1910 g/mol. The zero-order valence-corrected chi connectivity index (χ0v) is 90.4. The molecule has 0 unspecified atom stereocenters. The van der Waals surface area contributed by atoms with Crippen molar-refractivity contribution >= 4 is 43.9 Å². The number of hydrogen-bond acceptors (Lipinski definition) is 26. The monoisotopic (exact) mass is 2050 g/mol. The Morgan fingerprint density at radius 2 is 0.800 bits per heavy atom. The van der Waals surface area contributed by atoms with Crippen LogP contribution in [0.3, 0.4) is 0 Å². The minimum atomic E-state index is -0.233. The zero-order chi connectivity index (χ0) is 106. The largest absolute Gasteiger partial charge is 0.496 e. The summed E-state index contributed by atoms with van der Waals surface area (Å²) >= 11 is 3.56. The van der Waals surface area contributed by atoms with Crippen molar-refractivity contribution in [1.82, 2.24) is 110 Å². The molecule has 0 radical (unpaired) electrons. The van der Waals surface area contributed by atoms with Crippen LogP contribution < -0.4 is 4.74 Å². The lowest BCUT2D eigenvalue weighted by atomic mass is 10.0. The molecule has 0 bridgehead atoms. The van der Waals surface area contributed by atoms with E-state index < -0.39 is 0 Å². The molecule has 0 saturated heterocycles. The van der Waals surface area contributed by atoms with E-state index in [0.29, 0.717) is 111 Å². The second kappa shape index (κ2) is 59.3. The summed E-state index contributed by atoms with van der Waals surface area (Å²) in [4.78, 5) is 65.8. The number of methoxy groups -OCH3 is 1. The number of rotatable bonds is 19. The van der Waals surface area contributed by atoms with Crippen molar-refractivity contribution in [3.63, 3.8) is 0 Å². The standard InChI is InChI=1S/C14H16N2O.C14H16N2.C13H13FN2.C12H13FN2O.C12H14N2O.C11H12N4.C11H13N3.C11H12N2S.C11H12N2.C10H11NS.2CH4/c1-10(2)11-5-6-12(13(9-11)17-3)14-15-7-4-8-16-14;1-10(2)12-5-7-13(8-6-12)14-9-4-11(3)15-16-14;1-9(2)11-5-4-10(8-12(11)14)13-15-6-3-7-16-13;1-7(2)10-5-4-9(6-11(10)13)12-15-14-8(3)16-12;1-8(2)10-4-6-11(7-5-10)12-14-13-9(3)15-12;1-8(2)9-6-15-10(7-14-9)11-12-4-3-5-13-11;1-9(2)10-4-7-14(8-10)11-12-5-3-6-13-11;1-8(2)9-4-5-10(14-9)11-12-6-3-7-13-11;1-8(2)9-3-4-10-11(7-9)13-6-5-12-10;1-7(2)10-11-8-5-3-4-6-9(8)12-10;;/h4-10H,1-3H3;4-10H,1-3H3;3-9H,1-2H3;4-7H,1-3H3;4-8H,1-3H3;3-8H,1-2H3;3-9H,1-2H3;3-8H,1-2H3;3-8H,1-2H3;3-7H,1-2H3;2*1H4. The Bertz CT molecular complexity index is 7220. The average Bonchev–Trinajstić information content (AvgIpc) is 1.83. The minimum absolute atomic E-state index is 0. The fourth-order valence-electron chi connectivity index (χ4n) is 14.0. The number of aryl methyl sites for hydroxylation is 3. The Morgan fingerprint density at radius 3 is 1.27 bits per heavy atom. The van der Waals surface area contributed by atoms with Gasteiger partial charge in [0.1, 0.15) is 23.1 Å². The normalized spacial score (nSPS) is 10.7. The summed E-state index contributed by atoms with van der Waals surface area (Å²) in [7, 11) is 1.67. The molecule has 20 rings (SSSR count). The molecule has 0 amide bonds. The van der Waals surface area contributed by atoms with Gasteiger partial charge in [-0.15, -0.1) is 43.1 Å². The number of hydrogen-bond donors (Lipinski definition) is 0. The summed E-state index contributed by atoms with van der Waals surface area (Å²) in [5.74, 6) is 10.4. The van der Waals surface area contributed by atoms with E-state index in [4.69, 9.17) is 13.6 Å². The van der Waals surface area contributed by atoms with Crippen molar-refractivity contribution < 1.29 is 22.4 Å². The highest BCUT2D eigenvalue weighted by Gasteiger charge is 2.18. The number of thiophene rings is 1. The van der Waals surface area contributed by atoms with Gasteiger partial charge in [-0.25, -0.2) is 68.6 Å². The Balaban J connectivity index is 0.000000185. The van der Waals surface area contributed by atoms with Crippen LogP contribution in [0.25, 0.3) is 106 Å². The van der Waals surface area contributed by atoms with Crippen molar-refractivity contribution in [2.75, 3.05) is 7.11 Å². The van der Waals surface area contributed by atoms with Gasteiger partial charge in [-0.1, -0.05) is 232 Å². The third kappa shape index (κ3) is 35.8. The predicted octanol–water partition coefficient (Wildman–Crippen LogP) is 32.0. The number of nitrogens with zero attached hydrogens (tertiary/aromatic N) is 22. The van der Waals surface area contributed by atoms with Crippen molar-refractivity contribution in [2.45, 2.75) is 233 Å². The SMILES string of the molecule is C.C.CC(C)c1ccc(-c2ncccn2)cc1F.CC(C)c1ccc(-c2ncccn2)s1.CC(C)c1ccc2nccnc2c1.CC(C)c1ccn(-c2ncccn2)c1.CC(C)c1cnc(-c2ncccn2)cn1.CC(C)c1nc2ccccc2s1.COc1cc(C(C)C)ccc1-c1ncccn1.Cc1ccc(-c2ccc(C(C)C)cc2)nn1.Cc1nnc(-c2ccc(C(C)C)c(F)c2)o1.Cc1nnc(-c2ccc(C(C)C)cc2)o1. The summed E-state index contributed by atoms with van der Waals surface area (Å²) in [6.07, 6.45) is 28.2. The Labute approximate surface area is 890 Å². The number of para-hydroxylation sites is 1. The van der Waals surface area contributed by atoms with E-state index in [-0.39, 0.29) is 38.3 Å². The molecule has 0 N–H and O–H groups in total. The highest BCUT2D eigenvalue weighted by Crippen LogP contribution is 2.35. The zero-order valence-electron chi connectivity index (χ0n) is 88.8. The molecule has 7 aromatic carbocycles. The summed E-state index contributed by atoms with van der Waals surface area (Å²) in [6, 6.07) is 66.9. The molecule has 0 aliphatic rings. The average molecular weight is 2050 g/mol. The molecule has 13 aromatic heterocycles. The van der Waals surface area contributed by atoms with Crippen LogP contribution in [0.15, 0.2) is 314 Å². The lowest BCUT2D eigenvalue weighted by Gasteiger charge is -2.11. The fourth-order valence-corrected chi connectivity index (χ4v) is 15.9. The molecule has 0 aliphatic heterocycles. The van der Waals surface area contributed by atoms with Crippen LogP contribution in [0, 0.1) is 32.4 Å². The topological polar surface area (TPSA) is 311 Å². The van der Waals surface area contributed by atoms with Gasteiger partial charge < -0.3 is 13.6 Å². The second-order valence-electron chi connectivity index (χ2n) is 37.6. The molecule has 778 valence electrons. The maximum absolute atomic E-state index is 13.7. The van der Waals surface area contributed by atoms with Gasteiger partial charge in [-0.2, -0.15) is 10.2 Å². The van der Waals surface area contributed by atoms with Crippen molar-refractivity contribution in [1.29, 1.82) is 0 Å². The third-order valence-electron chi connectivity index (χ3n) is 22.7. The molecule has 0 saturated carbocycles. The smallest absolute Gasteiger partial charge is 0.247 e. The van der Waals surface area contributed by atoms with Crippen LogP contribution >= 0.6 is 22.7 Å². The molecule has 13 heterocycles. The highest BCUT2D eigenvalue weighted by molar-refractivity contribution is 7.18. The maximum atomic E-state index is 13.7. The van der Waals surface area contributed by atoms with Gasteiger partial charge in [0.25, 0.3) is 0 Å². The van der Waals surface area contributed by atoms with E-state index >= 15 is 0 Å². The van der Waals surface area contributed by atoms with Crippen molar-refractivity contribution in [3.8, 4) is 90.9 Å². The Kier molecular flexibility index (Phi) is 46.6. The number of fused-ring (bicyclic) bond motifs is 2. The Morgan fingerprint density at radius 1 is 0.320 bits per heavy atom. The molecule has 0 fully saturated rings. The number of ether oxygens (including phenoxy) is 1. The molecule has 0 aliphatic carbocycles. The van der Waals surface area contributed by atoms with Gasteiger partial charge in [0.05, 0.1) is 67.1 Å². The van der Waals surface area contributed by atoms with Crippen LogP contribution in [0.5, 0.6) is 5.75 Å². The number of benzene rings is 7. The first-order chi connectivity index (χ1) is 71.2.